The van der Waals surface area contributed by atoms with Crippen LogP contribution in [0.5, 0.6) is 5.75 Å². The third-order valence-electron chi connectivity index (χ3n) is 5.62. The molecule has 29 heavy (non-hydrogen) atoms. The number of rotatable bonds is 7. The van der Waals surface area contributed by atoms with Crippen LogP contribution in [0.2, 0.25) is 0 Å². The summed E-state index contributed by atoms with van der Waals surface area (Å²) in [5.74, 6) is 0.390. The van der Waals surface area contributed by atoms with Gasteiger partial charge >= 0.3 is 0 Å². The molecule has 0 aliphatic carbocycles. The van der Waals surface area contributed by atoms with Crippen molar-refractivity contribution in [2.45, 2.75) is 31.0 Å². The van der Waals surface area contributed by atoms with Gasteiger partial charge in [0.2, 0.25) is 5.91 Å². The zero-order valence-corrected chi connectivity index (χ0v) is 17.8. The molecule has 0 bridgehead atoms. The molecule has 158 valence electrons. The van der Waals surface area contributed by atoms with Gasteiger partial charge in [-0.2, -0.15) is 0 Å². The van der Waals surface area contributed by atoms with Gasteiger partial charge in [-0.05, 0) is 43.7 Å². The van der Waals surface area contributed by atoms with Crippen molar-refractivity contribution < 1.29 is 18.7 Å². The largest absolute Gasteiger partial charge is 0.489 e. The van der Waals surface area contributed by atoms with Gasteiger partial charge in [0.25, 0.3) is 0 Å². The summed E-state index contributed by atoms with van der Waals surface area (Å²) in [5.41, 5.74) is 0.980. The van der Waals surface area contributed by atoms with Gasteiger partial charge in [-0.15, -0.1) is 12.4 Å². The molecule has 0 aromatic heterocycles. The predicted molar refractivity (Wildman–Crippen MR) is 113 cm³/mol. The first-order valence-corrected chi connectivity index (χ1v) is 9.42. The van der Waals surface area contributed by atoms with Crippen LogP contribution in [0, 0.1) is 5.82 Å². The number of carbonyl (C=O) groups excluding carboxylic acids is 1. The molecule has 2 aromatic rings. The number of hydrogen-bond donors (Lipinski definition) is 1. The summed E-state index contributed by atoms with van der Waals surface area (Å²) in [6.45, 7) is 0.534. The number of ether oxygens (including phenoxy) is 2. The van der Waals surface area contributed by atoms with Gasteiger partial charge in [-0.3, -0.25) is 9.69 Å². The Labute approximate surface area is 177 Å². The summed E-state index contributed by atoms with van der Waals surface area (Å²) in [6.07, 6.45) is 1.59. The Morgan fingerprint density at radius 2 is 1.93 bits per heavy atom. The molecule has 0 saturated carbocycles. The van der Waals surface area contributed by atoms with Crippen LogP contribution in [-0.2, 0) is 16.1 Å². The van der Waals surface area contributed by atoms with E-state index in [1.165, 1.54) is 6.07 Å². The second kappa shape index (κ2) is 10.1. The van der Waals surface area contributed by atoms with Crippen molar-refractivity contribution in [2.24, 2.45) is 0 Å². The van der Waals surface area contributed by atoms with E-state index in [-0.39, 0.29) is 36.8 Å². The Hall–Kier alpha value is -2.15. The summed E-state index contributed by atoms with van der Waals surface area (Å²) in [7, 11) is 5.24. The van der Waals surface area contributed by atoms with Crippen LogP contribution in [0.3, 0.4) is 0 Å². The third kappa shape index (κ3) is 4.71. The Morgan fingerprint density at radius 3 is 2.55 bits per heavy atom. The van der Waals surface area contributed by atoms with E-state index in [1.54, 1.807) is 32.4 Å². The van der Waals surface area contributed by atoms with Crippen LogP contribution in [0.1, 0.15) is 30.0 Å². The maximum Gasteiger partial charge on any atom is 0.242 e. The lowest BCUT2D eigenvalue weighted by molar-refractivity contribution is -0.134. The molecule has 1 heterocycles. The van der Waals surface area contributed by atoms with Crippen molar-refractivity contribution in [2.75, 3.05) is 27.8 Å². The average molecular weight is 423 g/mol. The quantitative estimate of drug-likeness (QED) is 0.738. The summed E-state index contributed by atoms with van der Waals surface area (Å²) in [6, 6.07) is 14.5. The molecule has 1 saturated heterocycles. The van der Waals surface area contributed by atoms with Crippen molar-refractivity contribution >= 4 is 18.3 Å². The highest BCUT2D eigenvalue weighted by Gasteiger charge is 2.49. The first kappa shape index (κ1) is 23.1. The second-order valence-corrected chi connectivity index (χ2v) is 7.16. The molecule has 1 aliphatic heterocycles. The van der Waals surface area contributed by atoms with Crippen LogP contribution in [0.15, 0.2) is 48.5 Å². The van der Waals surface area contributed by atoms with Crippen molar-refractivity contribution in [3.05, 3.63) is 65.5 Å². The Morgan fingerprint density at radius 1 is 1.24 bits per heavy atom. The maximum absolute atomic E-state index is 13.7. The average Bonchev–Trinajstić information content (AvgIpc) is 3.05. The highest BCUT2D eigenvalue weighted by Crippen LogP contribution is 2.42. The number of benzene rings is 2. The highest BCUT2D eigenvalue weighted by molar-refractivity contribution is 5.86. The van der Waals surface area contributed by atoms with Crippen LogP contribution in [0.25, 0.3) is 0 Å². The minimum atomic E-state index is -0.659. The molecule has 1 amide bonds. The number of carbonyl (C=O) groups is 1. The fraction of sp³-hybridized carbons (Fsp3) is 0.409. The number of likely N-dealkylation sites (N-methyl/N-ethyl adjacent to an activating group) is 2. The summed E-state index contributed by atoms with van der Waals surface area (Å²) >= 11 is 0. The number of halogens is 2. The number of methoxy groups -OCH3 is 1. The van der Waals surface area contributed by atoms with E-state index in [2.05, 4.69) is 10.2 Å². The predicted octanol–water partition coefficient (Wildman–Crippen LogP) is 3.72. The van der Waals surface area contributed by atoms with E-state index in [4.69, 9.17) is 9.47 Å². The second-order valence-electron chi connectivity index (χ2n) is 7.16. The van der Waals surface area contributed by atoms with E-state index in [0.717, 1.165) is 18.4 Å². The van der Waals surface area contributed by atoms with Crippen molar-refractivity contribution in [1.29, 1.82) is 0 Å². The van der Waals surface area contributed by atoms with Crippen LogP contribution in [-0.4, -0.2) is 44.2 Å². The van der Waals surface area contributed by atoms with Crippen LogP contribution in [0.4, 0.5) is 4.39 Å². The molecular weight excluding hydrogens is 395 g/mol. The summed E-state index contributed by atoms with van der Waals surface area (Å²) in [5, 5.41) is 2.77. The molecule has 0 radical (unpaired) electrons. The Bertz CT molecular complexity index is 818. The third-order valence-corrected chi connectivity index (χ3v) is 5.62. The first-order chi connectivity index (χ1) is 13.5. The number of nitrogens with one attached hydrogen (secondary N) is 1. The minimum Gasteiger partial charge on any atom is -0.489 e. The Balaban J connectivity index is 0.00000300. The number of likely N-dealkylation sites (tertiary alicyclic amines) is 1. The van der Waals surface area contributed by atoms with Gasteiger partial charge in [-0.1, -0.05) is 30.3 Å². The lowest BCUT2D eigenvalue weighted by Crippen LogP contribution is -2.56. The topological polar surface area (TPSA) is 50.8 Å². The highest BCUT2D eigenvalue weighted by atomic mass is 35.5. The number of hydrogen-bond acceptors (Lipinski definition) is 4. The molecule has 7 heteroatoms. The minimum absolute atomic E-state index is 0. The number of amides is 1. The fourth-order valence-electron chi connectivity index (χ4n) is 3.98. The Kier molecular flexibility index (Phi) is 8.02. The lowest BCUT2D eigenvalue weighted by Gasteiger charge is -2.36. The molecule has 1 aliphatic rings. The van der Waals surface area contributed by atoms with E-state index >= 15 is 0 Å². The van der Waals surface area contributed by atoms with Gasteiger partial charge in [0.15, 0.2) is 0 Å². The summed E-state index contributed by atoms with van der Waals surface area (Å²) < 4.78 is 24.8. The molecule has 2 atom stereocenters. The van der Waals surface area contributed by atoms with Gasteiger partial charge in [-0.25, -0.2) is 4.39 Å². The smallest absolute Gasteiger partial charge is 0.242 e. The monoisotopic (exact) mass is 422 g/mol. The van der Waals surface area contributed by atoms with Gasteiger partial charge in [0.05, 0.1) is 6.61 Å². The van der Waals surface area contributed by atoms with Crippen molar-refractivity contribution in [1.82, 2.24) is 10.2 Å². The first-order valence-electron chi connectivity index (χ1n) is 9.42. The van der Waals surface area contributed by atoms with Gasteiger partial charge in [0, 0.05) is 25.8 Å². The van der Waals surface area contributed by atoms with Gasteiger partial charge < -0.3 is 14.8 Å². The lowest BCUT2D eigenvalue weighted by atomic mass is 9.96. The molecule has 1 fully saturated rings. The maximum atomic E-state index is 13.7. The zero-order chi connectivity index (χ0) is 20.1. The molecule has 3 rings (SSSR count). The zero-order valence-electron chi connectivity index (χ0n) is 17.0. The molecule has 2 aromatic carbocycles. The number of nitrogens with zero attached hydrogens (tertiary/aromatic N) is 1. The van der Waals surface area contributed by atoms with E-state index in [0.29, 0.717) is 17.9 Å². The normalized spacial score (nSPS) is 21.4. The molecule has 0 unspecified atom stereocenters. The molecular formula is C22H28ClFN2O3. The van der Waals surface area contributed by atoms with Crippen molar-refractivity contribution in [3.63, 3.8) is 0 Å². The molecule has 0 spiro atoms. The van der Waals surface area contributed by atoms with E-state index in [9.17, 15) is 9.18 Å². The van der Waals surface area contributed by atoms with Crippen LogP contribution < -0.4 is 10.1 Å². The van der Waals surface area contributed by atoms with Gasteiger partial charge in [0.1, 0.15) is 23.7 Å². The molecule has 1 N–H and O–H groups in total. The van der Waals surface area contributed by atoms with Crippen molar-refractivity contribution in [3.8, 4) is 5.75 Å². The SMILES string of the molecule is CNC(=O)[C@]1(COC)CC[C@H](c2ccc(OCc3ccccc3F)cc2)N1C.Cl. The summed E-state index contributed by atoms with van der Waals surface area (Å²) in [4.78, 5) is 14.6. The fourth-order valence-corrected chi connectivity index (χ4v) is 3.98. The molecule has 5 nitrogen and oxygen atoms in total. The van der Waals surface area contributed by atoms with E-state index in [1.807, 2.05) is 31.3 Å². The van der Waals surface area contributed by atoms with E-state index < -0.39 is 5.54 Å². The van der Waals surface area contributed by atoms with Crippen LogP contribution >= 0.6 is 12.4 Å². The standard InChI is InChI=1S/C22H27FN2O3.ClH/c1-24-21(26)22(15-27-3)13-12-20(25(22)2)16-8-10-18(11-9-16)28-14-17-6-4-5-7-19(17)23;/h4-11,20H,12-15H2,1-3H3,(H,24,26);1H/t20-,22-;/m1./s1.